The number of nitrogens with one attached hydrogen (secondary N) is 1. The minimum Gasteiger partial charge on any atom is -0.304 e. The molecule has 1 N–H and O–H groups in total. The molecule has 124 valence electrons. The first-order valence-electron chi connectivity index (χ1n) is 7.56. The van der Waals surface area contributed by atoms with Gasteiger partial charge in [0.1, 0.15) is 5.82 Å². The second-order valence-corrected chi connectivity index (χ2v) is 6.03. The lowest BCUT2D eigenvalue weighted by Crippen LogP contribution is -2.39. The van der Waals surface area contributed by atoms with Crippen molar-refractivity contribution in [1.82, 2.24) is 14.5 Å². The van der Waals surface area contributed by atoms with Crippen LogP contribution in [0.25, 0.3) is 0 Å². The van der Waals surface area contributed by atoms with Gasteiger partial charge in [-0.15, -0.1) is 0 Å². The molecule has 2 aromatic rings. The molecule has 0 saturated heterocycles. The van der Waals surface area contributed by atoms with Gasteiger partial charge in [-0.25, -0.2) is 9.18 Å². The van der Waals surface area contributed by atoms with Crippen molar-refractivity contribution < 1.29 is 4.39 Å². The topological polar surface area (TPSA) is 56.0 Å². The lowest BCUT2D eigenvalue weighted by Gasteiger charge is -2.23. The molecule has 5 nitrogen and oxygen atoms in total. The largest absolute Gasteiger partial charge is 0.330 e. The van der Waals surface area contributed by atoms with Crippen LogP contribution in [-0.4, -0.2) is 9.13 Å². The van der Waals surface area contributed by atoms with Crippen molar-refractivity contribution >= 4 is 0 Å². The SMILES string of the molecule is CC(C)[C@@H](NCc1cc(=O)n(C)c(=O)n1C)c1ccc(F)cc1. The Morgan fingerprint density at radius 2 is 1.70 bits per heavy atom. The zero-order valence-corrected chi connectivity index (χ0v) is 13.8. The van der Waals surface area contributed by atoms with E-state index in [1.165, 1.54) is 29.8 Å². The number of rotatable bonds is 5. The van der Waals surface area contributed by atoms with E-state index in [0.717, 1.165) is 10.1 Å². The molecule has 0 spiro atoms. The Balaban J connectivity index is 2.25. The summed E-state index contributed by atoms with van der Waals surface area (Å²) in [6.45, 7) is 4.50. The molecule has 0 fully saturated rings. The molecule has 1 aromatic heterocycles. The highest BCUT2D eigenvalue weighted by Gasteiger charge is 2.16. The van der Waals surface area contributed by atoms with Crippen molar-refractivity contribution in [2.75, 3.05) is 0 Å². The van der Waals surface area contributed by atoms with Crippen LogP contribution in [0.4, 0.5) is 4.39 Å². The first kappa shape index (κ1) is 17.1. The number of aromatic nitrogens is 2. The first-order chi connectivity index (χ1) is 10.8. The summed E-state index contributed by atoms with van der Waals surface area (Å²) in [6, 6.07) is 7.80. The molecule has 1 heterocycles. The van der Waals surface area contributed by atoms with Gasteiger partial charge in [-0.05, 0) is 23.6 Å². The van der Waals surface area contributed by atoms with Crippen molar-refractivity contribution in [3.05, 3.63) is 68.2 Å². The predicted molar refractivity (Wildman–Crippen MR) is 87.7 cm³/mol. The Bertz CT molecular complexity index is 791. The minimum absolute atomic E-state index is 0.00485. The maximum absolute atomic E-state index is 13.1. The summed E-state index contributed by atoms with van der Waals surface area (Å²) < 4.78 is 15.6. The van der Waals surface area contributed by atoms with Crippen molar-refractivity contribution in [2.45, 2.75) is 26.4 Å². The third-order valence-electron chi connectivity index (χ3n) is 4.02. The van der Waals surface area contributed by atoms with E-state index in [1.807, 2.05) is 0 Å². The lowest BCUT2D eigenvalue weighted by atomic mass is 9.96. The van der Waals surface area contributed by atoms with E-state index in [9.17, 15) is 14.0 Å². The van der Waals surface area contributed by atoms with Crippen LogP contribution in [-0.2, 0) is 20.6 Å². The summed E-state index contributed by atoms with van der Waals surface area (Å²) in [7, 11) is 3.10. The molecule has 0 aliphatic rings. The van der Waals surface area contributed by atoms with Crippen LogP contribution in [0.2, 0.25) is 0 Å². The molecule has 23 heavy (non-hydrogen) atoms. The molecule has 0 amide bonds. The quantitative estimate of drug-likeness (QED) is 0.913. The van der Waals surface area contributed by atoms with Gasteiger partial charge in [0.15, 0.2) is 0 Å². The van der Waals surface area contributed by atoms with E-state index < -0.39 is 0 Å². The zero-order valence-electron chi connectivity index (χ0n) is 13.8. The predicted octanol–water partition coefficient (Wildman–Crippen LogP) is 1.71. The Hall–Kier alpha value is -2.21. The van der Waals surface area contributed by atoms with Gasteiger partial charge in [0, 0.05) is 38.4 Å². The number of hydrogen-bond acceptors (Lipinski definition) is 3. The minimum atomic E-state index is -0.350. The lowest BCUT2D eigenvalue weighted by molar-refractivity contribution is 0.403. The molecule has 2 rings (SSSR count). The van der Waals surface area contributed by atoms with Crippen LogP contribution in [0.15, 0.2) is 39.9 Å². The fourth-order valence-corrected chi connectivity index (χ4v) is 2.57. The number of benzene rings is 1. The summed E-state index contributed by atoms with van der Waals surface area (Å²) in [5, 5.41) is 3.36. The Morgan fingerprint density at radius 1 is 1.09 bits per heavy atom. The van der Waals surface area contributed by atoms with Gasteiger partial charge in [-0.2, -0.15) is 0 Å². The second-order valence-electron chi connectivity index (χ2n) is 6.03. The summed E-state index contributed by atoms with van der Waals surface area (Å²) in [5.74, 6) is -0.00533. The van der Waals surface area contributed by atoms with E-state index in [2.05, 4.69) is 19.2 Å². The van der Waals surface area contributed by atoms with E-state index in [0.29, 0.717) is 12.2 Å². The maximum atomic E-state index is 13.1. The Morgan fingerprint density at radius 3 is 2.26 bits per heavy atom. The van der Waals surface area contributed by atoms with Gasteiger partial charge in [0.2, 0.25) is 0 Å². The summed E-state index contributed by atoms with van der Waals surface area (Å²) in [6.07, 6.45) is 0. The van der Waals surface area contributed by atoms with Crippen molar-refractivity contribution in [3.8, 4) is 0 Å². The number of hydrogen-bond donors (Lipinski definition) is 1. The van der Waals surface area contributed by atoms with Gasteiger partial charge in [0.05, 0.1) is 0 Å². The van der Waals surface area contributed by atoms with Crippen LogP contribution in [0.3, 0.4) is 0 Å². The molecule has 1 aromatic carbocycles. The standard InChI is InChI=1S/C17H22FN3O2/c1-11(2)16(12-5-7-13(18)8-6-12)19-10-14-9-15(22)21(4)17(23)20(14)3/h5-9,11,16,19H,10H2,1-4H3/t16-/m1/s1. The van der Waals surface area contributed by atoms with E-state index in [-0.39, 0.29) is 29.0 Å². The van der Waals surface area contributed by atoms with Gasteiger partial charge in [-0.3, -0.25) is 13.9 Å². The smallest absolute Gasteiger partial charge is 0.304 e. The highest BCUT2D eigenvalue weighted by atomic mass is 19.1. The summed E-state index contributed by atoms with van der Waals surface area (Å²) >= 11 is 0. The molecule has 0 unspecified atom stereocenters. The third-order valence-corrected chi connectivity index (χ3v) is 4.02. The van der Waals surface area contributed by atoms with Crippen LogP contribution < -0.4 is 16.6 Å². The molecule has 6 heteroatoms. The summed E-state index contributed by atoms with van der Waals surface area (Å²) in [5.41, 5.74) is 0.908. The third kappa shape index (κ3) is 3.76. The highest BCUT2D eigenvalue weighted by Crippen LogP contribution is 2.22. The van der Waals surface area contributed by atoms with Gasteiger partial charge >= 0.3 is 5.69 Å². The molecular weight excluding hydrogens is 297 g/mol. The molecule has 0 aliphatic carbocycles. The average Bonchev–Trinajstić information content (AvgIpc) is 2.51. The fraction of sp³-hybridized carbons (Fsp3) is 0.412. The van der Waals surface area contributed by atoms with Gasteiger partial charge in [-0.1, -0.05) is 26.0 Å². The fourth-order valence-electron chi connectivity index (χ4n) is 2.57. The van der Waals surface area contributed by atoms with Crippen LogP contribution in [0.1, 0.15) is 31.1 Å². The molecule has 0 bridgehead atoms. The van der Waals surface area contributed by atoms with E-state index >= 15 is 0 Å². The highest BCUT2D eigenvalue weighted by molar-refractivity contribution is 5.20. The molecule has 0 aliphatic heterocycles. The maximum Gasteiger partial charge on any atom is 0.330 e. The van der Waals surface area contributed by atoms with Crippen molar-refractivity contribution in [2.24, 2.45) is 20.0 Å². The normalized spacial score (nSPS) is 12.6. The van der Waals surface area contributed by atoms with Crippen molar-refractivity contribution in [3.63, 3.8) is 0 Å². The monoisotopic (exact) mass is 319 g/mol. The van der Waals surface area contributed by atoms with Crippen LogP contribution >= 0.6 is 0 Å². The van der Waals surface area contributed by atoms with E-state index in [1.54, 1.807) is 19.2 Å². The average molecular weight is 319 g/mol. The molecule has 1 atom stereocenters. The summed E-state index contributed by atoms with van der Waals surface area (Å²) in [4.78, 5) is 23.7. The Kier molecular flexibility index (Phi) is 5.15. The van der Waals surface area contributed by atoms with Crippen LogP contribution in [0.5, 0.6) is 0 Å². The van der Waals surface area contributed by atoms with Crippen LogP contribution in [0, 0.1) is 11.7 Å². The molecular formula is C17H22FN3O2. The number of nitrogens with zero attached hydrogens (tertiary/aromatic N) is 2. The first-order valence-corrected chi connectivity index (χ1v) is 7.56. The van der Waals surface area contributed by atoms with Gasteiger partial charge < -0.3 is 5.32 Å². The van der Waals surface area contributed by atoms with Crippen molar-refractivity contribution in [1.29, 1.82) is 0 Å². The van der Waals surface area contributed by atoms with E-state index in [4.69, 9.17) is 0 Å². The molecule has 0 saturated carbocycles. The molecule has 0 radical (unpaired) electrons. The number of halogens is 1. The van der Waals surface area contributed by atoms with Gasteiger partial charge in [0.25, 0.3) is 5.56 Å². The second kappa shape index (κ2) is 6.91. The Labute approximate surface area is 134 Å². The zero-order chi connectivity index (χ0) is 17.1.